The third-order valence-corrected chi connectivity index (χ3v) is 3.17. The molecule has 0 unspecified atom stereocenters. The number of nitrogens with zero attached hydrogens (tertiary/aromatic N) is 4. The number of carbonyl (C=O) groups is 1. The van der Waals surface area contributed by atoms with Crippen molar-refractivity contribution in [2.75, 3.05) is 13.1 Å². The van der Waals surface area contributed by atoms with Gasteiger partial charge in [0, 0.05) is 18.8 Å². The molecule has 1 fully saturated rings. The fourth-order valence-electron chi connectivity index (χ4n) is 2.07. The van der Waals surface area contributed by atoms with Gasteiger partial charge in [-0.25, -0.2) is 4.68 Å². The minimum Gasteiger partial charge on any atom is -0.338 e. The summed E-state index contributed by atoms with van der Waals surface area (Å²) in [6, 6.07) is 0.461. The van der Waals surface area contributed by atoms with Crippen molar-refractivity contribution in [2.24, 2.45) is 5.73 Å². The molecule has 0 radical (unpaired) electrons. The van der Waals surface area contributed by atoms with Gasteiger partial charge in [0.1, 0.15) is 6.54 Å². The molecule has 1 aromatic rings. The Labute approximate surface area is 107 Å². The fraction of sp³-hybridized carbons (Fsp3) is 0.750. The monoisotopic (exact) mass is 251 g/mol. The quantitative estimate of drug-likeness (QED) is 0.750. The molecule has 18 heavy (non-hydrogen) atoms. The maximum Gasteiger partial charge on any atom is 0.244 e. The summed E-state index contributed by atoms with van der Waals surface area (Å²) in [4.78, 5) is 14.0. The van der Waals surface area contributed by atoms with E-state index in [9.17, 15) is 4.79 Å². The maximum absolute atomic E-state index is 12.1. The van der Waals surface area contributed by atoms with Crippen LogP contribution in [-0.4, -0.2) is 44.9 Å². The molecule has 1 aliphatic carbocycles. The Morgan fingerprint density at radius 1 is 1.61 bits per heavy atom. The van der Waals surface area contributed by atoms with Gasteiger partial charge in [0.2, 0.25) is 5.91 Å². The molecule has 0 saturated heterocycles. The van der Waals surface area contributed by atoms with E-state index >= 15 is 0 Å². The number of amides is 1. The second kappa shape index (κ2) is 5.95. The number of likely N-dealkylation sites (N-methyl/N-ethyl adjacent to an activating group) is 1. The summed E-state index contributed by atoms with van der Waals surface area (Å²) in [5.41, 5.74) is 6.35. The lowest BCUT2D eigenvalue weighted by Crippen LogP contribution is -2.35. The molecule has 1 saturated carbocycles. The lowest BCUT2D eigenvalue weighted by molar-refractivity contribution is -0.132. The number of aryl methyl sites for hydroxylation is 1. The molecule has 0 aromatic carbocycles. The molecule has 100 valence electrons. The molecule has 0 spiro atoms. The van der Waals surface area contributed by atoms with Gasteiger partial charge in [0.15, 0.2) is 0 Å². The van der Waals surface area contributed by atoms with Gasteiger partial charge < -0.3 is 10.6 Å². The Bertz CT molecular complexity index is 399. The molecule has 0 bridgehead atoms. The van der Waals surface area contributed by atoms with E-state index in [-0.39, 0.29) is 5.91 Å². The topological polar surface area (TPSA) is 77.0 Å². The summed E-state index contributed by atoms with van der Waals surface area (Å²) < 4.78 is 1.62. The minimum absolute atomic E-state index is 0.135. The molecular weight excluding hydrogens is 230 g/mol. The molecule has 1 aromatic heterocycles. The molecule has 6 nitrogen and oxygen atoms in total. The van der Waals surface area contributed by atoms with E-state index in [2.05, 4.69) is 10.3 Å². The third kappa shape index (κ3) is 3.29. The van der Waals surface area contributed by atoms with E-state index in [1.807, 2.05) is 18.0 Å². The summed E-state index contributed by atoms with van der Waals surface area (Å²) in [5, 5.41) is 8.02. The highest BCUT2D eigenvalue weighted by atomic mass is 16.2. The SMILES string of the molecule is CCN(C(=O)Cn1cc(CCCN)nn1)C1CC1. The van der Waals surface area contributed by atoms with E-state index in [1.54, 1.807) is 4.68 Å². The molecule has 1 aliphatic rings. The number of hydrogen-bond acceptors (Lipinski definition) is 4. The number of aromatic nitrogens is 3. The van der Waals surface area contributed by atoms with Gasteiger partial charge in [-0.15, -0.1) is 5.10 Å². The van der Waals surface area contributed by atoms with E-state index in [4.69, 9.17) is 5.73 Å². The average molecular weight is 251 g/mol. The van der Waals surface area contributed by atoms with Crippen LogP contribution < -0.4 is 5.73 Å². The summed E-state index contributed by atoms with van der Waals surface area (Å²) in [6.45, 7) is 3.74. The zero-order valence-corrected chi connectivity index (χ0v) is 10.9. The number of nitrogens with two attached hydrogens (primary N) is 1. The van der Waals surface area contributed by atoms with Crippen molar-refractivity contribution >= 4 is 5.91 Å². The lowest BCUT2D eigenvalue weighted by Gasteiger charge is -2.19. The lowest BCUT2D eigenvalue weighted by atomic mass is 10.2. The van der Waals surface area contributed by atoms with Crippen molar-refractivity contribution in [1.29, 1.82) is 0 Å². The molecule has 2 N–H and O–H groups in total. The minimum atomic E-state index is 0.135. The Morgan fingerprint density at radius 2 is 2.39 bits per heavy atom. The second-order valence-corrected chi connectivity index (χ2v) is 4.71. The highest BCUT2D eigenvalue weighted by molar-refractivity contribution is 5.76. The van der Waals surface area contributed by atoms with Crippen LogP contribution in [0.1, 0.15) is 31.9 Å². The molecule has 0 aliphatic heterocycles. The molecule has 6 heteroatoms. The standard InChI is InChI=1S/C12H21N5O/c1-2-17(11-5-6-11)12(18)9-16-8-10(14-15-16)4-3-7-13/h8,11H,2-7,9,13H2,1H3. The van der Waals surface area contributed by atoms with Gasteiger partial charge in [-0.2, -0.15) is 0 Å². The van der Waals surface area contributed by atoms with Crippen molar-refractivity contribution in [3.05, 3.63) is 11.9 Å². The van der Waals surface area contributed by atoms with Crippen molar-refractivity contribution < 1.29 is 4.79 Å². The van der Waals surface area contributed by atoms with Crippen molar-refractivity contribution in [1.82, 2.24) is 19.9 Å². The van der Waals surface area contributed by atoms with Gasteiger partial charge in [-0.05, 0) is 39.2 Å². The normalized spacial score (nSPS) is 14.8. The van der Waals surface area contributed by atoms with Gasteiger partial charge in [-0.3, -0.25) is 4.79 Å². The second-order valence-electron chi connectivity index (χ2n) is 4.71. The highest BCUT2D eigenvalue weighted by Crippen LogP contribution is 2.26. The van der Waals surface area contributed by atoms with Crippen LogP contribution >= 0.6 is 0 Å². The van der Waals surface area contributed by atoms with E-state index in [0.29, 0.717) is 19.1 Å². The van der Waals surface area contributed by atoms with E-state index < -0.39 is 0 Å². The first-order valence-electron chi connectivity index (χ1n) is 6.63. The predicted octanol–water partition coefficient (Wildman–Crippen LogP) is 0.180. The van der Waals surface area contributed by atoms with E-state index in [0.717, 1.165) is 37.9 Å². The molecular formula is C12H21N5O. The summed E-state index contributed by atoms with van der Waals surface area (Å²) in [6.07, 6.45) is 5.84. The van der Waals surface area contributed by atoms with Gasteiger partial charge >= 0.3 is 0 Å². The fourth-order valence-corrected chi connectivity index (χ4v) is 2.07. The van der Waals surface area contributed by atoms with Crippen LogP contribution in [0, 0.1) is 0 Å². The average Bonchev–Trinajstić information content (AvgIpc) is 3.08. The Hall–Kier alpha value is -1.43. The first-order chi connectivity index (χ1) is 8.74. The Balaban J connectivity index is 1.87. The first kappa shape index (κ1) is 13.0. The molecule has 1 amide bonds. The predicted molar refractivity (Wildman–Crippen MR) is 67.8 cm³/mol. The largest absolute Gasteiger partial charge is 0.338 e. The zero-order chi connectivity index (χ0) is 13.0. The van der Waals surface area contributed by atoms with Crippen LogP contribution in [0.5, 0.6) is 0 Å². The Kier molecular flexibility index (Phi) is 4.30. The van der Waals surface area contributed by atoms with Crippen LogP contribution in [0.2, 0.25) is 0 Å². The molecule has 0 atom stereocenters. The molecule has 2 rings (SSSR count). The highest BCUT2D eigenvalue weighted by Gasteiger charge is 2.31. The number of rotatable bonds is 7. The van der Waals surface area contributed by atoms with Gasteiger partial charge in [0.05, 0.1) is 5.69 Å². The van der Waals surface area contributed by atoms with Crippen molar-refractivity contribution in [3.63, 3.8) is 0 Å². The number of hydrogen-bond donors (Lipinski definition) is 1. The first-order valence-corrected chi connectivity index (χ1v) is 6.63. The van der Waals surface area contributed by atoms with Crippen LogP contribution in [0.4, 0.5) is 0 Å². The maximum atomic E-state index is 12.1. The third-order valence-electron chi connectivity index (χ3n) is 3.17. The van der Waals surface area contributed by atoms with Crippen molar-refractivity contribution in [2.45, 2.75) is 45.2 Å². The van der Waals surface area contributed by atoms with Crippen LogP contribution in [0.15, 0.2) is 6.20 Å². The van der Waals surface area contributed by atoms with E-state index in [1.165, 1.54) is 0 Å². The summed E-state index contributed by atoms with van der Waals surface area (Å²) >= 11 is 0. The van der Waals surface area contributed by atoms with Crippen LogP contribution in [0.3, 0.4) is 0 Å². The van der Waals surface area contributed by atoms with Gasteiger partial charge in [-0.1, -0.05) is 5.21 Å². The zero-order valence-electron chi connectivity index (χ0n) is 10.9. The van der Waals surface area contributed by atoms with Crippen molar-refractivity contribution in [3.8, 4) is 0 Å². The number of carbonyl (C=O) groups excluding carboxylic acids is 1. The van der Waals surface area contributed by atoms with Crippen LogP contribution in [0.25, 0.3) is 0 Å². The van der Waals surface area contributed by atoms with Crippen LogP contribution in [-0.2, 0) is 17.8 Å². The summed E-state index contributed by atoms with van der Waals surface area (Å²) in [5.74, 6) is 0.135. The van der Waals surface area contributed by atoms with Gasteiger partial charge in [0.25, 0.3) is 0 Å². The Morgan fingerprint density at radius 3 is 3.00 bits per heavy atom. The molecule has 1 heterocycles. The smallest absolute Gasteiger partial charge is 0.244 e. The summed E-state index contributed by atoms with van der Waals surface area (Å²) in [7, 11) is 0.